The van der Waals surface area contributed by atoms with E-state index in [4.69, 9.17) is 0 Å². The number of nitrogens with zero attached hydrogens (tertiary/aromatic N) is 2. The highest BCUT2D eigenvalue weighted by Crippen LogP contribution is 2.30. The zero-order valence-corrected chi connectivity index (χ0v) is 10.9. The Morgan fingerprint density at radius 2 is 2.29 bits per heavy atom. The fraction of sp³-hybridized carbons (Fsp3) is 0.714. The molecule has 2 atom stereocenters. The molecule has 0 radical (unpaired) electrons. The van der Waals surface area contributed by atoms with E-state index < -0.39 is 0 Å². The Hall–Kier alpha value is -1.12. The average molecular weight is 233 g/mol. The summed E-state index contributed by atoms with van der Waals surface area (Å²) < 4.78 is 0. The van der Waals surface area contributed by atoms with E-state index in [1.165, 1.54) is 32.1 Å². The van der Waals surface area contributed by atoms with Gasteiger partial charge < -0.3 is 5.32 Å². The molecular weight excluding hydrogens is 210 g/mol. The van der Waals surface area contributed by atoms with E-state index in [1.54, 1.807) is 0 Å². The minimum absolute atomic E-state index is 0.772. The first-order valence-corrected chi connectivity index (χ1v) is 6.77. The van der Waals surface area contributed by atoms with Crippen LogP contribution in [0.3, 0.4) is 0 Å². The van der Waals surface area contributed by atoms with Gasteiger partial charge in [0.1, 0.15) is 0 Å². The van der Waals surface area contributed by atoms with Crippen LogP contribution < -0.4 is 5.32 Å². The second-order valence-electron chi connectivity index (χ2n) is 5.37. The molecule has 2 rings (SSSR count). The van der Waals surface area contributed by atoms with Crippen LogP contribution in [0.5, 0.6) is 0 Å². The van der Waals surface area contributed by atoms with Gasteiger partial charge >= 0.3 is 0 Å². The lowest BCUT2D eigenvalue weighted by Crippen LogP contribution is -2.17. The van der Waals surface area contributed by atoms with Crippen molar-refractivity contribution in [1.82, 2.24) is 9.97 Å². The lowest BCUT2D eigenvalue weighted by atomic mass is 9.81. The van der Waals surface area contributed by atoms with E-state index >= 15 is 0 Å². The molecule has 0 aromatic carbocycles. The fourth-order valence-electron chi connectivity index (χ4n) is 2.74. The van der Waals surface area contributed by atoms with E-state index in [9.17, 15) is 0 Å². The topological polar surface area (TPSA) is 37.8 Å². The molecule has 1 N–H and O–H groups in total. The first kappa shape index (κ1) is 12.3. The average Bonchev–Trinajstić information content (AvgIpc) is 2.29. The molecule has 2 unspecified atom stereocenters. The molecule has 0 amide bonds. The summed E-state index contributed by atoms with van der Waals surface area (Å²) in [6.07, 6.45) is 8.70. The van der Waals surface area contributed by atoms with Crippen LogP contribution in [0.1, 0.15) is 44.7 Å². The summed E-state index contributed by atoms with van der Waals surface area (Å²) in [5.41, 5.74) is 1.02. The van der Waals surface area contributed by atoms with Crippen LogP contribution in [0, 0.1) is 18.8 Å². The summed E-state index contributed by atoms with van der Waals surface area (Å²) in [7, 11) is 0. The Labute approximate surface area is 104 Å². The zero-order chi connectivity index (χ0) is 12.1. The summed E-state index contributed by atoms with van der Waals surface area (Å²) in [4.78, 5) is 8.56. The lowest BCUT2D eigenvalue weighted by Gasteiger charge is -2.26. The van der Waals surface area contributed by atoms with E-state index in [2.05, 4.69) is 22.2 Å². The predicted octanol–water partition coefficient (Wildman–Crippen LogP) is 3.41. The van der Waals surface area contributed by atoms with Crippen molar-refractivity contribution in [2.24, 2.45) is 11.8 Å². The van der Waals surface area contributed by atoms with Gasteiger partial charge in [0.15, 0.2) is 0 Å². The van der Waals surface area contributed by atoms with Gasteiger partial charge in [0.05, 0.1) is 0 Å². The second-order valence-corrected chi connectivity index (χ2v) is 5.37. The third-order valence-corrected chi connectivity index (χ3v) is 3.68. The number of hydrogen-bond acceptors (Lipinski definition) is 3. The smallest absolute Gasteiger partial charge is 0.222 e. The first-order chi connectivity index (χ1) is 8.24. The minimum atomic E-state index is 0.772. The summed E-state index contributed by atoms with van der Waals surface area (Å²) >= 11 is 0. The van der Waals surface area contributed by atoms with Crippen molar-refractivity contribution < 1.29 is 0 Å². The fourth-order valence-corrected chi connectivity index (χ4v) is 2.74. The number of rotatable bonds is 4. The van der Waals surface area contributed by atoms with E-state index in [0.717, 1.165) is 30.0 Å². The molecule has 1 fully saturated rings. The predicted molar refractivity (Wildman–Crippen MR) is 71.0 cm³/mol. The molecule has 1 aromatic rings. The standard InChI is InChI=1S/C14H23N3/c1-11-4-3-5-13(10-11)7-9-16-14-15-8-6-12(2)17-14/h6,8,11,13H,3-5,7,9-10H2,1-2H3,(H,15,16,17). The SMILES string of the molecule is Cc1ccnc(NCCC2CCCC(C)C2)n1. The van der Waals surface area contributed by atoms with Gasteiger partial charge in [-0.05, 0) is 37.7 Å². The Kier molecular flexibility index (Phi) is 4.35. The van der Waals surface area contributed by atoms with Crippen LogP contribution >= 0.6 is 0 Å². The molecule has 0 aliphatic heterocycles. The van der Waals surface area contributed by atoms with Crippen molar-refractivity contribution in [3.8, 4) is 0 Å². The van der Waals surface area contributed by atoms with Gasteiger partial charge in [0.25, 0.3) is 0 Å². The van der Waals surface area contributed by atoms with Gasteiger partial charge in [-0.1, -0.05) is 26.2 Å². The Balaban J connectivity index is 1.72. The highest BCUT2D eigenvalue weighted by molar-refractivity contribution is 5.24. The van der Waals surface area contributed by atoms with Crippen LogP contribution in [0.2, 0.25) is 0 Å². The highest BCUT2D eigenvalue weighted by atomic mass is 15.1. The van der Waals surface area contributed by atoms with Crippen LogP contribution in [-0.2, 0) is 0 Å². The summed E-state index contributed by atoms with van der Waals surface area (Å²) in [5, 5.41) is 3.33. The molecule has 94 valence electrons. The molecule has 3 nitrogen and oxygen atoms in total. The monoisotopic (exact) mass is 233 g/mol. The maximum absolute atomic E-state index is 4.35. The molecule has 1 aliphatic carbocycles. The number of nitrogens with one attached hydrogen (secondary N) is 1. The summed E-state index contributed by atoms with van der Waals surface area (Å²) in [6.45, 7) is 5.37. The molecule has 3 heteroatoms. The van der Waals surface area contributed by atoms with Crippen LogP contribution in [0.25, 0.3) is 0 Å². The number of aryl methyl sites for hydroxylation is 1. The lowest BCUT2D eigenvalue weighted by molar-refractivity contribution is 0.274. The molecule has 1 aromatic heterocycles. The van der Waals surface area contributed by atoms with Crippen molar-refractivity contribution in [1.29, 1.82) is 0 Å². The van der Waals surface area contributed by atoms with Crippen LogP contribution in [0.15, 0.2) is 12.3 Å². The van der Waals surface area contributed by atoms with E-state index in [1.807, 2.05) is 19.2 Å². The van der Waals surface area contributed by atoms with Crippen LogP contribution in [-0.4, -0.2) is 16.5 Å². The Bertz CT molecular complexity index is 351. The minimum Gasteiger partial charge on any atom is -0.354 e. The maximum Gasteiger partial charge on any atom is 0.222 e. The summed E-state index contributed by atoms with van der Waals surface area (Å²) in [6, 6.07) is 1.92. The molecule has 1 heterocycles. The van der Waals surface area contributed by atoms with Gasteiger partial charge in [-0.2, -0.15) is 0 Å². The quantitative estimate of drug-likeness (QED) is 0.866. The Morgan fingerprint density at radius 1 is 1.41 bits per heavy atom. The second kappa shape index (κ2) is 5.99. The molecule has 0 spiro atoms. The van der Waals surface area contributed by atoms with Gasteiger partial charge in [-0.15, -0.1) is 0 Å². The summed E-state index contributed by atoms with van der Waals surface area (Å²) in [5.74, 6) is 2.59. The molecule has 1 aliphatic rings. The molecule has 0 bridgehead atoms. The van der Waals surface area contributed by atoms with Crippen molar-refractivity contribution in [3.63, 3.8) is 0 Å². The number of aromatic nitrogens is 2. The third-order valence-electron chi connectivity index (χ3n) is 3.68. The van der Waals surface area contributed by atoms with Gasteiger partial charge in [0, 0.05) is 18.4 Å². The largest absolute Gasteiger partial charge is 0.354 e. The van der Waals surface area contributed by atoms with Gasteiger partial charge in [0.2, 0.25) is 5.95 Å². The van der Waals surface area contributed by atoms with Crippen molar-refractivity contribution in [3.05, 3.63) is 18.0 Å². The van der Waals surface area contributed by atoms with Crippen molar-refractivity contribution in [2.75, 3.05) is 11.9 Å². The Morgan fingerprint density at radius 3 is 3.06 bits per heavy atom. The maximum atomic E-state index is 4.35. The molecular formula is C14H23N3. The molecule has 1 saturated carbocycles. The first-order valence-electron chi connectivity index (χ1n) is 6.77. The van der Waals surface area contributed by atoms with Gasteiger partial charge in [-0.3, -0.25) is 0 Å². The number of hydrogen-bond donors (Lipinski definition) is 1. The van der Waals surface area contributed by atoms with Crippen molar-refractivity contribution in [2.45, 2.75) is 46.0 Å². The van der Waals surface area contributed by atoms with Crippen LogP contribution in [0.4, 0.5) is 5.95 Å². The van der Waals surface area contributed by atoms with E-state index in [0.29, 0.717) is 0 Å². The third kappa shape index (κ3) is 3.99. The van der Waals surface area contributed by atoms with Gasteiger partial charge in [-0.25, -0.2) is 9.97 Å². The number of anilines is 1. The normalized spacial score (nSPS) is 24.6. The van der Waals surface area contributed by atoms with E-state index in [-0.39, 0.29) is 0 Å². The van der Waals surface area contributed by atoms with Crippen molar-refractivity contribution >= 4 is 5.95 Å². The zero-order valence-electron chi connectivity index (χ0n) is 10.9. The molecule has 0 saturated heterocycles. The molecule has 17 heavy (non-hydrogen) atoms. The highest BCUT2D eigenvalue weighted by Gasteiger charge is 2.18.